The highest BCUT2D eigenvalue weighted by Gasteiger charge is 2.30. The summed E-state index contributed by atoms with van der Waals surface area (Å²) in [5.74, 6) is -0.0399. The van der Waals surface area contributed by atoms with Gasteiger partial charge in [-0.15, -0.1) is 0 Å². The number of hydrogen-bond acceptors (Lipinski definition) is 3. The minimum absolute atomic E-state index is 0.0563. The Labute approximate surface area is 174 Å². The highest BCUT2D eigenvalue weighted by molar-refractivity contribution is 5.88. The summed E-state index contributed by atoms with van der Waals surface area (Å²) in [7, 11) is 0. The number of carbonyl (C=O) groups is 2. The standard InChI is InChI=1S/C24H37N3O2/c1-16(2)27-19(12-13-22(25)28)11-10-17(23(29)24(3,4)5)14-18-15-26-21-9-7-6-8-20(18)21/h6-9,15-17,19,26-27H,10-14H2,1-5H3,(H2,25,28)/t17-,19+/m0/s1. The van der Waals surface area contributed by atoms with Crippen LogP contribution in [0.3, 0.4) is 0 Å². The van der Waals surface area contributed by atoms with Gasteiger partial charge in [-0.1, -0.05) is 52.8 Å². The van der Waals surface area contributed by atoms with Gasteiger partial charge in [0.15, 0.2) is 0 Å². The van der Waals surface area contributed by atoms with E-state index in [1.54, 1.807) is 0 Å². The Hall–Kier alpha value is -2.14. The van der Waals surface area contributed by atoms with Crippen LogP contribution in [0.4, 0.5) is 0 Å². The predicted octanol–water partition coefficient (Wildman–Crippen LogP) is 4.35. The van der Waals surface area contributed by atoms with Crippen molar-refractivity contribution in [2.75, 3.05) is 0 Å². The molecule has 0 fully saturated rings. The van der Waals surface area contributed by atoms with Crippen LogP contribution >= 0.6 is 0 Å². The number of hydrogen-bond donors (Lipinski definition) is 3. The van der Waals surface area contributed by atoms with E-state index in [0.717, 1.165) is 24.8 Å². The molecule has 2 rings (SSSR count). The van der Waals surface area contributed by atoms with Gasteiger partial charge in [-0.2, -0.15) is 0 Å². The van der Waals surface area contributed by atoms with E-state index in [4.69, 9.17) is 5.73 Å². The summed E-state index contributed by atoms with van der Waals surface area (Å²) < 4.78 is 0. The molecule has 5 nitrogen and oxygen atoms in total. The van der Waals surface area contributed by atoms with Gasteiger partial charge in [-0.25, -0.2) is 0 Å². The summed E-state index contributed by atoms with van der Waals surface area (Å²) in [6.07, 6.45) is 5.47. The van der Waals surface area contributed by atoms with Crippen molar-refractivity contribution in [3.63, 3.8) is 0 Å². The molecule has 2 atom stereocenters. The average Bonchev–Trinajstić information content (AvgIpc) is 3.04. The molecular weight excluding hydrogens is 362 g/mol. The minimum atomic E-state index is -0.384. The fraction of sp³-hybridized carbons (Fsp3) is 0.583. The molecule has 0 radical (unpaired) electrons. The predicted molar refractivity (Wildman–Crippen MR) is 120 cm³/mol. The van der Waals surface area contributed by atoms with Crippen molar-refractivity contribution in [1.82, 2.24) is 10.3 Å². The smallest absolute Gasteiger partial charge is 0.217 e. The first kappa shape index (κ1) is 23.1. The third kappa shape index (κ3) is 7.00. The largest absolute Gasteiger partial charge is 0.370 e. The van der Waals surface area contributed by atoms with E-state index in [0.29, 0.717) is 24.7 Å². The van der Waals surface area contributed by atoms with Gasteiger partial charge >= 0.3 is 0 Å². The highest BCUT2D eigenvalue weighted by atomic mass is 16.1. The number of benzene rings is 1. The van der Waals surface area contributed by atoms with Gasteiger partial charge in [0, 0.05) is 46.9 Å². The number of Topliss-reactive ketones (excluding diaryl/α,β-unsaturated/α-hetero) is 1. The zero-order valence-corrected chi connectivity index (χ0v) is 18.5. The number of fused-ring (bicyclic) bond motifs is 1. The summed E-state index contributed by atoms with van der Waals surface area (Å²) in [5, 5.41) is 4.72. The van der Waals surface area contributed by atoms with Gasteiger partial charge in [0.25, 0.3) is 0 Å². The number of nitrogens with one attached hydrogen (secondary N) is 2. The lowest BCUT2D eigenvalue weighted by atomic mass is 9.78. The van der Waals surface area contributed by atoms with Crippen LogP contribution in [-0.4, -0.2) is 28.8 Å². The summed E-state index contributed by atoms with van der Waals surface area (Å²) in [6, 6.07) is 8.72. The first-order valence-electron chi connectivity index (χ1n) is 10.7. The van der Waals surface area contributed by atoms with Crippen LogP contribution in [-0.2, 0) is 16.0 Å². The number of ketones is 1. The maximum atomic E-state index is 13.2. The number of rotatable bonds is 11. The third-order valence-corrected chi connectivity index (χ3v) is 5.42. The van der Waals surface area contributed by atoms with Gasteiger partial charge in [-0.3, -0.25) is 9.59 Å². The van der Waals surface area contributed by atoms with Crippen molar-refractivity contribution in [2.45, 2.75) is 78.8 Å². The van der Waals surface area contributed by atoms with Crippen LogP contribution in [0.2, 0.25) is 0 Å². The molecule has 0 spiro atoms. The van der Waals surface area contributed by atoms with Crippen molar-refractivity contribution in [1.29, 1.82) is 0 Å². The number of para-hydroxylation sites is 1. The Kier molecular flexibility index (Phi) is 8.03. The van der Waals surface area contributed by atoms with E-state index >= 15 is 0 Å². The second-order valence-corrected chi connectivity index (χ2v) is 9.48. The molecule has 0 saturated heterocycles. The van der Waals surface area contributed by atoms with Crippen molar-refractivity contribution in [3.8, 4) is 0 Å². The number of aromatic amines is 1. The fourth-order valence-electron chi connectivity index (χ4n) is 4.01. The molecular formula is C24H37N3O2. The molecule has 0 saturated carbocycles. The van der Waals surface area contributed by atoms with E-state index in [9.17, 15) is 9.59 Å². The number of nitrogens with two attached hydrogens (primary N) is 1. The van der Waals surface area contributed by atoms with Crippen LogP contribution in [0.15, 0.2) is 30.5 Å². The fourth-order valence-corrected chi connectivity index (χ4v) is 4.01. The molecule has 0 aliphatic rings. The Bertz CT molecular complexity index is 817. The zero-order chi connectivity index (χ0) is 21.6. The molecule has 29 heavy (non-hydrogen) atoms. The number of amides is 1. The lowest BCUT2D eigenvalue weighted by molar-refractivity contribution is -0.130. The van der Waals surface area contributed by atoms with Crippen molar-refractivity contribution in [2.24, 2.45) is 17.1 Å². The normalized spacial score (nSPS) is 14.3. The van der Waals surface area contributed by atoms with Crippen molar-refractivity contribution in [3.05, 3.63) is 36.0 Å². The van der Waals surface area contributed by atoms with Crippen LogP contribution in [0, 0.1) is 11.3 Å². The van der Waals surface area contributed by atoms with Gasteiger partial charge < -0.3 is 16.0 Å². The van der Waals surface area contributed by atoms with E-state index in [1.807, 2.05) is 39.1 Å². The second kappa shape index (κ2) is 10.1. The zero-order valence-electron chi connectivity index (χ0n) is 18.5. The van der Waals surface area contributed by atoms with Crippen LogP contribution in [0.1, 0.15) is 65.9 Å². The summed E-state index contributed by atoms with van der Waals surface area (Å²) in [6.45, 7) is 10.2. The minimum Gasteiger partial charge on any atom is -0.370 e. The lowest BCUT2D eigenvalue weighted by Crippen LogP contribution is -2.37. The van der Waals surface area contributed by atoms with E-state index in [-0.39, 0.29) is 23.3 Å². The molecule has 0 bridgehead atoms. The quantitative estimate of drug-likeness (QED) is 0.525. The van der Waals surface area contributed by atoms with Crippen molar-refractivity contribution < 1.29 is 9.59 Å². The monoisotopic (exact) mass is 399 g/mol. The molecule has 1 aromatic heterocycles. The van der Waals surface area contributed by atoms with Crippen LogP contribution in [0.5, 0.6) is 0 Å². The Balaban J connectivity index is 2.16. The first-order valence-corrected chi connectivity index (χ1v) is 10.7. The molecule has 1 amide bonds. The molecule has 0 aliphatic heterocycles. The molecule has 5 heteroatoms. The number of primary amides is 1. The van der Waals surface area contributed by atoms with Crippen molar-refractivity contribution >= 4 is 22.6 Å². The second-order valence-electron chi connectivity index (χ2n) is 9.48. The highest BCUT2D eigenvalue weighted by Crippen LogP contribution is 2.29. The maximum Gasteiger partial charge on any atom is 0.217 e. The average molecular weight is 400 g/mol. The summed E-state index contributed by atoms with van der Waals surface area (Å²) in [4.78, 5) is 27.8. The Morgan fingerprint density at radius 1 is 1.10 bits per heavy atom. The van der Waals surface area contributed by atoms with Gasteiger partial charge in [0.1, 0.15) is 5.78 Å². The molecule has 160 valence electrons. The topological polar surface area (TPSA) is 88.0 Å². The van der Waals surface area contributed by atoms with Crippen LogP contribution in [0.25, 0.3) is 10.9 Å². The molecule has 1 aromatic carbocycles. The molecule has 1 heterocycles. The first-order chi connectivity index (χ1) is 13.6. The molecule has 2 aromatic rings. The maximum absolute atomic E-state index is 13.2. The Morgan fingerprint density at radius 2 is 1.79 bits per heavy atom. The summed E-state index contributed by atoms with van der Waals surface area (Å²) >= 11 is 0. The van der Waals surface area contributed by atoms with Gasteiger partial charge in [0.05, 0.1) is 0 Å². The molecule has 0 aliphatic carbocycles. The number of H-pyrrole nitrogens is 1. The third-order valence-electron chi connectivity index (χ3n) is 5.42. The number of carbonyl (C=O) groups excluding carboxylic acids is 2. The van der Waals surface area contributed by atoms with E-state index in [1.165, 1.54) is 10.9 Å². The SMILES string of the molecule is CC(C)N[C@@H](CCC(N)=O)CC[C@@H](Cc1c[nH]c2ccccc12)C(=O)C(C)(C)C. The molecule has 0 unspecified atom stereocenters. The Morgan fingerprint density at radius 3 is 2.41 bits per heavy atom. The summed E-state index contributed by atoms with van der Waals surface area (Å²) in [5.41, 5.74) is 7.26. The molecule has 4 N–H and O–H groups in total. The lowest BCUT2D eigenvalue weighted by Gasteiger charge is -2.27. The van der Waals surface area contributed by atoms with E-state index < -0.39 is 0 Å². The number of aromatic nitrogens is 1. The van der Waals surface area contributed by atoms with Gasteiger partial charge in [0.2, 0.25) is 5.91 Å². The van der Waals surface area contributed by atoms with Gasteiger partial charge in [-0.05, 0) is 37.3 Å². The van der Waals surface area contributed by atoms with E-state index in [2.05, 4.69) is 36.3 Å². The van der Waals surface area contributed by atoms with Crippen LogP contribution < -0.4 is 11.1 Å².